The first-order valence-corrected chi connectivity index (χ1v) is 9.28. The van der Waals surface area contributed by atoms with E-state index in [1.165, 1.54) is 0 Å². The van der Waals surface area contributed by atoms with Crippen molar-refractivity contribution >= 4 is 5.78 Å². The predicted octanol–water partition coefficient (Wildman–Crippen LogP) is 3.99. The number of carbonyl (C=O) groups excluding carboxylic acids is 1. The molecular weight excluding hydrogens is 346 g/mol. The molecule has 0 aliphatic rings. The normalized spacial score (nSPS) is 11.4. The van der Waals surface area contributed by atoms with Gasteiger partial charge in [0.15, 0.2) is 0 Å². The molecule has 0 bridgehead atoms. The van der Waals surface area contributed by atoms with Crippen molar-refractivity contribution in [1.82, 2.24) is 4.98 Å². The van der Waals surface area contributed by atoms with Crippen molar-refractivity contribution in [2.45, 2.75) is 26.2 Å². The summed E-state index contributed by atoms with van der Waals surface area (Å²) in [5.41, 5.74) is 5.76. The van der Waals surface area contributed by atoms with Crippen molar-refractivity contribution in [2.75, 3.05) is 6.61 Å². The number of Topliss-reactive ketones (excluding diaryl/α,β-unsaturated/α-hetero) is 1. The molecule has 1 atom stereocenters. The van der Waals surface area contributed by atoms with Crippen LogP contribution in [-0.4, -0.2) is 22.5 Å². The molecule has 0 saturated heterocycles. The smallest absolute Gasteiger partial charge is 0.149 e. The Labute approximate surface area is 166 Å². The third-order valence-corrected chi connectivity index (χ3v) is 4.72. The van der Waals surface area contributed by atoms with Crippen LogP contribution in [0.1, 0.15) is 39.4 Å². The van der Waals surface area contributed by atoms with E-state index >= 15 is 0 Å². The number of nitrogens with zero attached hydrogens (tertiary/aromatic N) is 1. The maximum absolute atomic E-state index is 13.4. The van der Waals surface area contributed by atoms with Crippen LogP contribution in [0.3, 0.4) is 0 Å². The average molecular weight is 369 g/mol. The monoisotopic (exact) mass is 369 g/mol. The Morgan fingerprint density at radius 2 is 1.82 bits per heavy atom. The highest BCUT2D eigenvalue weighted by Crippen LogP contribution is 2.29. The summed E-state index contributed by atoms with van der Waals surface area (Å²) >= 11 is 0. The Morgan fingerprint density at radius 1 is 1.07 bits per heavy atom. The summed E-state index contributed by atoms with van der Waals surface area (Å²) in [4.78, 5) is 17.6. The second kappa shape index (κ2) is 9.12. The van der Waals surface area contributed by atoms with Crippen molar-refractivity contribution in [2.24, 2.45) is 0 Å². The topological polar surface area (TPSA) is 50.2 Å². The molecule has 1 unspecified atom stereocenters. The fourth-order valence-corrected chi connectivity index (χ4v) is 3.37. The van der Waals surface area contributed by atoms with Crippen LogP contribution in [0.5, 0.6) is 0 Å². The van der Waals surface area contributed by atoms with Gasteiger partial charge in [-0.3, -0.25) is 9.78 Å². The molecule has 28 heavy (non-hydrogen) atoms. The maximum atomic E-state index is 13.4. The zero-order valence-corrected chi connectivity index (χ0v) is 16.1. The van der Waals surface area contributed by atoms with E-state index in [9.17, 15) is 4.79 Å². The Kier molecular flexibility index (Phi) is 6.37. The van der Waals surface area contributed by atoms with Gasteiger partial charge in [-0.25, -0.2) is 0 Å². The number of ketones is 1. The lowest BCUT2D eigenvalue weighted by Crippen LogP contribution is -2.17. The van der Waals surface area contributed by atoms with Gasteiger partial charge in [-0.05, 0) is 60.4 Å². The van der Waals surface area contributed by atoms with Gasteiger partial charge in [-0.15, -0.1) is 0 Å². The highest BCUT2D eigenvalue weighted by Gasteiger charge is 2.24. The fourth-order valence-electron chi connectivity index (χ4n) is 3.37. The second-order valence-electron chi connectivity index (χ2n) is 6.82. The van der Waals surface area contributed by atoms with Crippen molar-refractivity contribution in [3.63, 3.8) is 0 Å². The molecule has 0 saturated carbocycles. The van der Waals surface area contributed by atoms with Crippen LogP contribution in [0, 0.1) is 25.7 Å². The number of benzene rings is 2. The molecular formula is C25H23NO2. The van der Waals surface area contributed by atoms with Crippen LogP contribution in [0.25, 0.3) is 0 Å². The molecule has 0 spiro atoms. The van der Waals surface area contributed by atoms with Gasteiger partial charge >= 0.3 is 0 Å². The molecule has 140 valence electrons. The number of aliphatic hydroxyl groups is 1. The van der Waals surface area contributed by atoms with Crippen molar-refractivity contribution in [1.29, 1.82) is 0 Å². The molecule has 1 heterocycles. The second-order valence-corrected chi connectivity index (χ2v) is 6.82. The van der Waals surface area contributed by atoms with Gasteiger partial charge < -0.3 is 5.11 Å². The van der Waals surface area contributed by atoms with Crippen LogP contribution >= 0.6 is 0 Å². The molecule has 1 N–H and O–H groups in total. The highest BCUT2D eigenvalue weighted by molar-refractivity contribution is 5.91. The first-order chi connectivity index (χ1) is 13.6. The molecule has 2 aromatic carbocycles. The lowest BCUT2D eigenvalue weighted by Gasteiger charge is -2.19. The molecule has 0 fully saturated rings. The van der Waals surface area contributed by atoms with E-state index in [0.717, 1.165) is 33.5 Å². The number of hydrogen-bond acceptors (Lipinski definition) is 3. The zero-order valence-electron chi connectivity index (χ0n) is 16.1. The van der Waals surface area contributed by atoms with Gasteiger partial charge in [0.05, 0.1) is 5.92 Å². The van der Waals surface area contributed by atoms with E-state index in [1.54, 1.807) is 6.20 Å². The van der Waals surface area contributed by atoms with Crippen LogP contribution in [-0.2, 0) is 11.2 Å². The van der Waals surface area contributed by atoms with E-state index < -0.39 is 0 Å². The molecule has 0 amide bonds. The lowest BCUT2D eigenvalue weighted by atomic mass is 9.83. The summed E-state index contributed by atoms with van der Waals surface area (Å²) < 4.78 is 0. The van der Waals surface area contributed by atoms with E-state index in [4.69, 9.17) is 5.11 Å². The van der Waals surface area contributed by atoms with E-state index in [0.29, 0.717) is 6.42 Å². The first kappa shape index (κ1) is 19.5. The zero-order chi connectivity index (χ0) is 19.9. The quantitative estimate of drug-likeness (QED) is 0.692. The number of hydrogen-bond donors (Lipinski definition) is 1. The molecule has 0 aliphatic heterocycles. The van der Waals surface area contributed by atoms with E-state index in [1.807, 2.05) is 74.5 Å². The third-order valence-electron chi connectivity index (χ3n) is 4.72. The Bertz CT molecular complexity index is 1030. The Hall–Kier alpha value is -3.22. The molecule has 3 aromatic rings. The molecule has 0 radical (unpaired) electrons. The van der Waals surface area contributed by atoms with Gasteiger partial charge in [0.2, 0.25) is 0 Å². The number of aliphatic hydroxyl groups excluding tert-OH is 1. The molecule has 3 heteroatoms. The summed E-state index contributed by atoms with van der Waals surface area (Å²) in [6.45, 7) is 3.80. The molecule has 3 nitrogen and oxygen atoms in total. The molecule has 0 aliphatic carbocycles. The SMILES string of the molecule is Cc1cc(CC(=O)C(c2ccc(C#CCO)cc2)c2ccccc2C)ccn1. The van der Waals surface area contributed by atoms with Crippen LogP contribution in [0.4, 0.5) is 0 Å². The number of rotatable bonds is 5. The highest BCUT2D eigenvalue weighted by atomic mass is 16.2. The summed E-state index contributed by atoms with van der Waals surface area (Å²) in [6, 6.07) is 19.6. The van der Waals surface area contributed by atoms with E-state index in [2.05, 4.69) is 16.8 Å². The minimum atomic E-state index is -0.338. The van der Waals surface area contributed by atoms with Crippen LogP contribution in [0.2, 0.25) is 0 Å². The summed E-state index contributed by atoms with van der Waals surface area (Å²) in [5.74, 6) is 5.35. The van der Waals surface area contributed by atoms with Gasteiger partial charge in [0.25, 0.3) is 0 Å². The van der Waals surface area contributed by atoms with Crippen LogP contribution < -0.4 is 0 Å². The number of aryl methyl sites for hydroxylation is 2. The van der Waals surface area contributed by atoms with Crippen molar-refractivity contribution < 1.29 is 9.90 Å². The first-order valence-electron chi connectivity index (χ1n) is 9.28. The fraction of sp³-hybridized carbons (Fsp3) is 0.200. The van der Waals surface area contributed by atoms with E-state index in [-0.39, 0.29) is 18.3 Å². The third kappa shape index (κ3) is 4.73. The molecule has 3 rings (SSSR count). The number of aromatic nitrogens is 1. The van der Waals surface area contributed by atoms with Gasteiger partial charge in [-0.2, -0.15) is 0 Å². The summed E-state index contributed by atoms with van der Waals surface area (Å²) in [5, 5.41) is 8.86. The number of pyridine rings is 1. The Morgan fingerprint density at radius 3 is 2.50 bits per heavy atom. The maximum Gasteiger partial charge on any atom is 0.149 e. The van der Waals surface area contributed by atoms with Gasteiger partial charge in [0, 0.05) is 23.9 Å². The average Bonchev–Trinajstić information content (AvgIpc) is 2.69. The predicted molar refractivity (Wildman–Crippen MR) is 111 cm³/mol. The lowest BCUT2D eigenvalue weighted by molar-refractivity contribution is -0.119. The van der Waals surface area contributed by atoms with Crippen molar-refractivity contribution in [3.8, 4) is 11.8 Å². The largest absolute Gasteiger partial charge is 0.384 e. The summed E-state index contributed by atoms with van der Waals surface area (Å²) in [7, 11) is 0. The van der Waals surface area contributed by atoms with Gasteiger partial charge in [-0.1, -0.05) is 48.2 Å². The summed E-state index contributed by atoms with van der Waals surface area (Å²) in [6.07, 6.45) is 2.10. The Balaban J connectivity index is 1.98. The van der Waals surface area contributed by atoms with Gasteiger partial charge in [0.1, 0.15) is 12.4 Å². The van der Waals surface area contributed by atoms with Crippen molar-refractivity contribution in [3.05, 3.63) is 100 Å². The minimum absolute atomic E-state index is 0.147. The van der Waals surface area contributed by atoms with Crippen LogP contribution in [0.15, 0.2) is 66.9 Å². The molecule has 1 aromatic heterocycles. The number of carbonyl (C=O) groups is 1. The standard InChI is InChI=1S/C25H23NO2/c1-18-6-3-4-8-23(18)25(22-11-9-20(10-12-22)7-5-15-27)24(28)17-21-13-14-26-19(2)16-21/h3-4,6,8-14,16,25,27H,15,17H2,1-2H3. The minimum Gasteiger partial charge on any atom is -0.384 e.